The lowest BCUT2D eigenvalue weighted by Gasteiger charge is -1.89. The van der Waals surface area contributed by atoms with Gasteiger partial charge in [0, 0.05) is 0 Å². The predicted molar refractivity (Wildman–Crippen MR) is 52.3 cm³/mol. The zero-order valence-electron chi connectivity index (χ0n) is 6.60. The molecule has 2 heterocycles. The molecule has 0 aliphatic carbocycles. The van der Waals surface area contributed by atoms with Crippen LogP contribution in [0.2, 0.25) is 0 Å². The smallest absolute Gasteiger partial charge is 0.341 e. The van der Waals surface area contributed by atoms with Crippen molar-refractivity contribution in [3.05, 3.63) is 21.7 Å². The summed E-state index contributed by atoms with van der Waals surface area (Å²) in [4.78, 5) is 14.7. The first kappa shape index (κ1) is 9.35. The first-order valence-corrected chi connectivity index (χ1v) is 5.09. The fourth-order valence-corrected chi connectivity index (χ4v) is 2.10. The number of aromatic carboxylic acids is 1. The number of rotatable bonds is 2. The minimum Gasteiger partial charge on any atom is -0.477 e. The molecule has 0 fully saturated rings. The molecular weight excluding hydrogens is 272 g/mol. The van der Waals surface area contributed by atoms with E-state index in [4.69, 9.17) is 9.63 Å². The maximum Gasteiger partial charge on any atom is 0.341 e. The number of nitrogens with zero attached hydrogens (tertiary/aromatic N) is 2. The van der Waals surface area contributed by atoms with E-state index < -0.39 is 5.97 Å². The molecule has 0 spiro atoms. The van der Waals surface area contributed by atoms with Crippen LogP contribution in [0.1, 0.15) is 10.4 Å². The van der Waals surface area contributed by atoms with Crippen molar-refractivity contribution in [3.8, 4) is 10.8 Å². The number of carboxylic acid groups (broad SMARTS) is 1. The fraction of sp³-hybridized carbons (Fsp3) is 0. The van der Waals surface area contributed by atoms with Crippen molar-refractivity contribution in [1.82, 2.24) is 10.1 Å². The zero-order valence-corrected chi connectivity index (χ0v) is 9.00. The molecule has 1 N–H and O–H groups in total. The monoisotopic (exact) mass is 274 g/mol. The number of halogens is 1. The van der Waals surface area contributed by atoms with Crippen LogP contribution < -0.4 is 0 Å². The predicted octanol–water partition coefficient (Wildman–Crippen LogP) is 2.26. The van der Waals surface area contributed by atoms with Crippen LogP contribution in [0.25, 0.3) is 10.8 Å². The quantitative estimate of drug-likeness (QED) is 0.909. The van der Waals surface area contributed by atoms with Gasteiger partial charge in [0.15, 0.2) is 5.01 Å². The molecule has 0 saturated heterocycles. The Morgan fingerprint density at radius 3 is 2.93 bits per heavy atom. The summed E-state index contributed by atoms with van der Waals surface area (Å²) in [5.41, 5.74) is 0.0202. The van der Waals surface area contributed by atoms with Gasteiger partial charge in [-0.3, -0.25) is 0 Å². The molecule has 0 unspecified atom stereocenters. The molecule has 0 radical (unpaired) electrons. The minimum atomic E-state index is -1.08. The molecule has 2 aromatic heterocycles. The molecule has 2 rings (SSSR count). The van der Waals surface area contributed by atoms with Crippen LogP contribution in [0.4, 0.5) is 0 Å². The Morgan fingerprint density at radius 2 is 2.36 bits per heavy atom. The van der Waals surface area contributed by atoms with Crippen LogP contribution in [-0.4, -0.2) is 21.2 Å². The number of hydrogen-bond donors (Lipinski definition) is 1. The Labute approximate surface area is 90.5 Å². The van der Waals surface area contributed by atoms with E-state index >= 15 is 0 Å². The first-order valence-electron chi connectivity index (χ1n) is 3.48. The largest absolute Gasteiger partial charge is 0.477 e. The molecule has 0 bridgehead atoms. The summed E-state index contributed by atoms with van der Waals surface area (Å²) < 4.78 is 5.63. The van der Waals surface area contributed by atoms with Gasteiger partial charge in [-0.25, -0.2) is 9.78 Å². The molecule has 72 valence electrons. The maximum atomic E-state index is 10.7. The number of thiazole rings is 1. The van der Waals surface area contributed by atoms with Crippen molar-refractivity contribution in [1.29, 1.82) is 0 Å². The maximum absolute atomic E-state index is 10.7. The number of hydrogen-bond acceptors (Lipinski definition) is 5. The molecule has 0 aliphatic rings. The molecule has 7 heteroatoms. The van der Waals surface area contributed by atoms with Gasteiger partial charge in [0.2, 0.25) is 5.76 Å². The van der Waals surface area contributed by atoms with E-state index in [2.05, 4.69) is 26.1 Å². The molecule has 5 nitrogen and oxygen atoms in total. The third-order valence-electron chi connectivity index (χ3n) is 1.47. The lowest BCUT2D eigenvalue weighted by Crippen LogP contribution is -1.95. The van der Waals surface area contributed by atoms with E-state index in [0.717, 1.165) is 9.98 Å². The van der Waals surface area contributed by atoms with Crippen LogP contribution in [0.3, 0.4) is 0 Å². The summed E-state index contributed by atoms with van der Waals surface area (Å²) in [6, 6.07) is 0. The van der Waals surface area contributed by atoms with Gasteiger partial charge in [0.25, 0.3) is 0 Å². The third-order valence-corrected chi connectivity index (χ3v) is 2.95. The van der Waals surface area contributed by atoms with Crippen LogP contribution in [0.5, 0.6) is 0 Å². The van der Waals surface area contributed by atoms with Crippen LogP contribution in [-0.2, 0) is 0 Å². The Balaban J connectivity index is 2.51. The van der Waals surface area contributed by atoms with E-state index in [9.17, 15) is 4.79 Å². The second-order valence-electron chi connectivity index (χ2n) is 2.34. The topological polar surface area (TPSA) is 76.2 Å². The van der Waals surface area contributed by atoms with Crippen molar-refractivity contribution in [3.63, 3.8) is 0 Å². The van der Waals surface area contributed by atoms with E-state index in [0.29, 0.717) is 5.01 Å². The van der Waals surface area contributed by atoms with E-state index in [-0.39, 0.29) is 11.3 Å². The van der Waals surface area contributed by atoms with E-state index in [1.165, 1.54) is 11.3 Å². The standard InChI is InChI=1S/C7H3BrN2O3S/c8-4-2-9-6(14-4)5-3(7(11)12)1-10-13-5/h1-2H,(H,11,12). The average molecular weight is 275 g/mol. The number of carbonyl (C=O) groups is 1. The van der Waals surface area contributed by atoms with E-state index in [1.54, 1.807) is 6.20 Å². The highest BCUT2D eigenvalue weighted by Crippen LogP contribution is 2.30. The van der Waals surface area contributed by atoms with Crippen molar-refractivity contribution in [2.75, 3.05) is 0 Å². The molecule has 0 aromatic carbocycles. The van der Waals surface area contributed by atoms with Gasteiger partial charge in [-0.15, -0.1) is 11.3 Å². The molecule has 0 atom stereocenters. The van der Waals surface area contributed by atoms with E-state index in [1.807, 2.05) is 0 Å². The summed E-state index contributed by atoms with van der Waals surface area (Å²) in [6.45, 7) is 0. The highest BCUT2D eigenvalue weighted by atomic mass is 79.9. The molecule has 0 amide bonds. The fourth-order valence-electron chi connectivity index (χ4n) is 0.906. The Morgan fingerprint density at radius 1 is 1.57 bits per heavy atom. The van der Waals surface area contributed by atoms with Crippen molar-refractivity contribution in [2.45, 2.75) is 0 Å². The molecule has 0 saturated carbocycles. The molecular formula is C7H3BrN2O3S. The van der Waals surface area contributed by atoms with Gasteiger partial charge in [0.1, 0.15) is 5.56 Å². The van der Waals surface area contributed by atoms with Gasteiger partial charge < -0.3 is 9.63 Å². The van der Waals surface area contributed by atoms with Gasteiger partial charge >= 0.3 is 5.97 Å². The Kier molecular flexibility index (Phi) is 2.34. The Bertz CT molecular complexity index is 479. The van der Waals surface area contributed by atoms with Crippen molar-refractivity contribution in [2.24, 2.45) is 0 Å². The second kappa shape index (κ2) is 3.50. The third kappa shape index (κ3) is 1.55. The normalized spacial score (nSPS) is 10.4. The van der Waals surface area contributed by atoms with Crippen LogP contribution in [0.15, 0.2) is 20.7 Å². The summed E-state index contributed by atoms with van der Waals surface area (Å²) >= 11 is 4.51. The number of carboxylic acids is 1. The molecule has 14 heavy (non-hydrogen) atoms. The summed E-state index contributed by atoms with van der Waals surface area (Å²) in [7, 11) is 0. The van der Waals surface area contributed by atoms with Crippen LogP contribution in [0, 0.1) is 0 Å². The lowest BCUT2D eigenvalue weighted by atomic mass is 10.3. The van der Waals surface area contributed by atoms with Gasteiger partial charge in [-0.1, -0.05) is 5.16 Å². The van der Waals surface area contributed by atoms with Crippen molar-refractivity contribution >= 4 is 33.2 Å². The van der Waals surface area contributed by atoms with Gasteiger partial charge in [0.05, 0.1) is 16.2 Å². The highest BCUT2D eigenvalue weighted by molar-refractivity contribution is 9.11. The molecule has 2 aromatic rings. The summed E-state index contributed by atoms with van der Waals surface area (Å²) in [6.07, 6.45) is 2.74. The Hall–Kier alpha value is -1.21. The van der Waals surface area contributed by atoms with Gasteiger partial charge in [-0.2, -0.15) is 0 Å². The zero-order chi connectivity index (χ0) is 10.1. The van der Waals surface area contributed by atoms with Crippen molar-refractivity contribution < 1.29 is 14.4 Å². The minimum absolute atomic E-state index is 0.0202. The summed E-state index contributed by atoms with van der Waals surface area (Å²) in [5.74, 6) is -0.888. The SMILES string of the molecule is O=C(O)c1cnoc1-c1ncc(Br)s1. The highest BCUT2D eigenvalue weighted by Gasteiger charge is 2.19. The lowest BCUT2D eigenvalue weighted by molar-refractivity contribution is 0.0697. The second-order valence-corrected chi connectivity index (χ2v) is 4.75. The first-order chi connectivity index (χ1) is 6.68. The average Bonchev–Trinajstić information content (AvgIpc) is 2.70. The van der Waals surface area contributed by atoms with Gasteiger partial charge in [-0.05, 0) is 15.9 Å². The summed E-state index contributed by atoms with van der Waals surface area (Å²) in [5, 5.41) is 12.7. The number of aromatic nitrogens is 2. The van der Waals surface area contributed by atoms with Crippen LogP contribution >= 0.6 is 27.3 Å². The molecule has 0 aliphatic heterocycles.